The van der Waals surface area contributed by atoms with Crippen molar-refractivity contribution in [2.75, 3.05) is 12.8 Å². The van der Waals surface area contributed by atoms with E-state index < -0.39 is 0 Å². The average Bonchev–Trinajstić information content (AvgIpc) is 2.94. The summed E-state index contributed by atoms with van der Waals surface area (Å²) in [6.45, 7) is 0. The Balaban J connectivity index is 2.02. The van der Waals surface area contributed by atoms with Crippen LogP contribution < -0.4 is 15.2 Å². The fourth-order valence-corrected chi connectivity index (χ4v) is 2.49. The number of nitriles is 1. The predicted octanol–water partition coefficient (Wildman–Crippen LogP) is 2.83. The van der Waals surface area contributed by atoms with E-state index in [0.717, 1.165) is 30.5 Å². The Morgan fingerprint density at radius 3 is 2.86 bits per heavy atom. The molecule has 0 saturated carbocycles. The summed E-state index contributed by atoms with van der Waals surface area (Å²) in [5.74, 6) is 1.32. The van der Waals surface area contributed by atoms with Crippen molar-refractivity contribution in [3.05, 3.63) is 41.1 Å². The fourth-order valence-electron chi connectivity index (χ4n) is 2.49. The first kappa shape index (κ1) is 13.3. The zero-order valence-electron chi connectivity index (χ0n) is 11.7. The summed E-state index contributed by atoms with van der Waals surface area (Å²) >= 11 is 0. The van der Waals surface area contributed by atoms with Crippen LogP contribution >= 0.6 is 0 Å². The molecular weight excluding hydrogens is 266 g/mol. The van der Waals surface area contributed by atoms with Gasteiger partial charge in [0.2, 0.25) is 5.88 Å². The smallest absolute Gasteiger partial charge is 0.237 e. The number of hydrogen-bond donors (Lipinski definition) is 1. The first-order chi connectivity index (χ1) is 10.2. The number of aromatic nitrogens is 1. The van der Waals surface area contributed by atoms with Crippen molar-refractivity contribution in [1.29, 1.82) is 5.26 Å². The van der Waals surface area contributed by atoms with E-state index in [0.29, 0.717) is 28.6 Å². The van der Waals surface area contributed by atoms with Crippen molar-refractivity contribution < 1.29 is 9.47 Å². The SMILES string of the molecule is COc1ccc(N)cc1Oc1nc2c(cc1C#N)CCC2. The minimum atomic E-state index is 0.307. The molecule has 1 aromatic heterocycles. The third-order valence-electron chi connectivity index (χ3n) is 3.53. The van der Waals surface area contributed by atoms with Crippen LogP contribution in [0.4, 0.5) is 5.69 Å². The highest BCUT2D eigenvalue weighted by atomic mass is 16.5. The molecule has 1 aliphatic carbocycles. The maximum atomic E-state index is 9.28. The molecule has 2 N–H and O–H groups in total. The van der Waals surface area contributed by atoms with Gasteiger partial charge in [-0.05, 0) is 43.0 Å². The van der Waals surface area contributed by atoms with Crippen LogP contribution in [-0.2, 0) is 12.8 Å². The van der Waals surface area contributed by atoms with Gasteiger partial charge in [0, 0.05) is 17.4 Å². The van der Waals surface area contributed by atoms with Crippen LogP contribution in [0.5, 0.6) is 17.4 Å². The highest BCUT2D eigenvalue weighted by Crippen LogP contribution is 2.35. The molecule has 0 saturated heterocycles. The van der Waals surface area contributed by atoms with Crippen LogP contribution in [0.3, 0.4) is 0 Å². The Labute approximate surface area is 122 Å². The number of anilines is 1. The normalized spacial score (nSPS) is 12.6. The molecule has 1 heterocycles. The molecule has 1 aromatic carbocycles. The third kappa shape index (κ3) is 2.48. The molecule has 0 atom stereocenters. The fraction of sp³-hybridized carbons (Fsp3) is 0.250. The lowest BCUT2D eigenvalue weighted by atomic mass is 10.1. The largest absolute Gasteiger partial charge is 0.493 e. The second-order valence-electron chi connectivity index (χ2n) is 4.92. The molecule has 0 fully saturated rings. The van der Waals surface area contributed by atoms with Crippen molar-refractivity contribution >= 4 is 5.69 Å². The molecule has 0 radical (unpaired) electrons. The molecule has 0 aliphatic heterocycles. The molecule has 2 aromatic rings. The maximum Gasteiger partial charge on any atom is 0.237 e. The lowest BCUT2D eigenvalue weighted by molar-refractivity contribution is 0.373. The number of ether oxygens (including phenoxy) is 2. The Morgan fingerprint density at radius 2 is 2.10 bits per heavy atom. The first-order valence-corrected chi connectivity index (χ1v) is 6.75. The Morgan fingerprint density at radius 1 is 1.24 bits per heavy atom. The number of methoxy groups -OCH3 is 1. The van der Waals surface area contributed by atoms with Crippen LogP contribution in [0, 0.1) is 11.3 Å². The summed E-state index contributed by atoms with van der Waals surface area (Å²) in [7, 11) is 1.56. The van der Waals surface area contributed by atoms with Crippen molar-refractivity contribution in [3.8, 4) is 23.4 Å². The lowest BCUT2D eigenvalue weighted by Gasteiger charge is -2.12. The molecular formula is C16H15N3O2. The predicted molar refractivity (Wildman–Crippen MR) is 78.5 cm³/mol. The molecule has 0 bridgehead atoms. The Kier molecular flexibility index (Phi) is 3.36. The number of nitrogens with two attached hydrogens (primary N) is 1. The summed E-state index contributed by atoms with van der Waals surface area (Å²) < 4.78 is 11.0. The van der Waals surface area contributed by atoms with Gasteiger partial charge in [0.15, 0.2) is 11.5 Å². The van der Waals surface area contributed by atoms with Crippen LogP contribution in [0.15, 0.2) is 24.3 Å². The molecule has 0 amide bonds. The van der Waals surface area contributed by atoms with Crippen LogP contribution in [0.2, 0.25) is 0 Å². The minimum Gasteiger partial charge on any atom is -0.493 e. The molecule has 0 unspecified atom stereocenters. The molecule has 5 nitrogen and oxygen atoms in total. The van der Waals surface area contributed by atoms with Gasteiger partial charge in [-0.15, -0.1) is 0 Å². The van der Waals surface area contributed by atoms with E-state index >= 15 is 0 Å². The Hall–Kier alpha value is -2.74. The molecule has 0 spiro atoms. The van der Waals surface area contributed by atoms with Crippen LogP contribution in [-0.4, -0.2) is 12.1 Å². The standard InChI is InChI=1S/C16H15N3O2/c1-20-14-6-5-12(18)8-15(14)21-16-11(9-17)7-10-3-2-4-13(10)19-16/h5-8H,2-4,18H2,1H3. The van der Waals surface area contributed by atoms with Gasteiger partial charge in [-0.25, -0.2) is 4.98 Å². The van der Waals surface area contributed by atoms with Gasteiger partial charge in [-0.3, -0.25) is 0 Å². The number of pyridine rings is 1. The third-order valence-corrected chi connectivity index (χ3v) is 3.53. The summed E-state index contributed by atoms with van der Waals surface area (Å²) in [5, 5.41) is 9.28. The number of nitrogen functional groups attached to an aromatic ring is 1. The van der Waals surface area contributed by atoms with E-state index in [1.54, 1.807) is 25.3 Å². The number of rotatable bonds is 3. The highest BCUT2D eigenvalue weighted by molar-refractivity contribution is 5.54. The highest BCUT2D eigenvalue weighted by Gasteiger charge is 2.18. The monoisotopic (exact) mass is 281 g/mol. The molecule has 1 aliphatic rings. The van der Waals surface area contributed by atoms with Crippen LogP contribution in [0.1, 0.15) is 23.2 Å². The Bertz CT molecular complexity index is 735. The average molecular weight is 281 g/mol. The molecule has 3 rings (SSSR count). The summed E-state index contributed by atoms with van der Waals surface area (Å²) in [4.78, 5) is 4.48. The second-order valence-corrected chi connectivity index (χ2v) is 4.92. The molecule has 5 heteroatoms. The summed E-state index contributed by atoms with van der Waals surface area (Å²) in [6.07, 6.45) is 2.96. The number of benzene rings is 1. The zero-order valence-corrected chi connectivity index (χ0v) is 11.7. The van der Waals surface area contributed by atoms with Gasteiger partial charge < -0.3 is 15.2 Å². The number of fused-ring (bicyclic) bond motifs is 1. The summed E-state index contributed by atoms with van der Waals surface area (Å²) in [5.41, 5.74) is 8.91. The van der Waals surface area contributed by atoms with Crippen molar-refractivity contribution in [1.82, 2.24) is 4.98 Å². The first-order valence-electron chi connectivity index (χ1n) is 6.75. The van der Waals surface area contributed by atoms with Gasteiger partial charge in [-0.2, -0.15) is 5.26 Å². The van der Waals surface area contributed by atoms with E-state index in [-0.39, 0.29) is 0 Å². The molecule has 106 valence electrons. The minimum absolute atomic E-state index is 0.307. The van der Waals surface area contributed by atoms with E-state index in [1.807, 2.05) is 6.07 Å². The number of hydrogen-bond acceptors (Lipinski definition) is 5. The van der Waals surface area contributed by atoms with E-state index in [1.165, 1.54) is 0 Å². The van der Waals surface area contributed by atoms with E-state index in [4.69, 9.17) is 15.2 Å². The number of aryl methyl sites for hydroxylation is 2. The van der Waals surface area contributed by atoms with Crippen molar-refractivity contribution in [2.24, 2.45) is 0 Å². The lowest BCUT2D eigenvalue weighted by Crippen LogP contribution is -1.99. The van der Waals surface area contributed by atoms with Gasteiger partial charge in [0.25, 0.3) is 0 Å². The van der Waals surface area contributed by atoms with Gasteiger partial charge in [0.1, 0.15) is 11.6 Å². The maximum absolute atomic E-state index is 9.28. The van der Waals surface area contributed by atoms with Crippen LogP contribution in [0.25, 0.3) is 0 Å². The topological polar surface area (TPSA) is 81.2 Å². The van der Waals surface area contributed by atoms with Gasteiger partial charge in [-0.1, -0.05) is 0 Å². The molecule has 21 heavy (non-hydrogen) atoms. The van der Waals surface area contributed by atoms with E-state index in [9.17, 15) is 5.26 Å². The quantitative estimate of drug-likeness (QED) is 0.875. The second kappa shape index (κ2) is 5.33. The zero-order chi connectivity index (χ0) is 14.8. The van der Waals surface area contributed by atoms with E-state index in [2.05, 4.69) is 11.1 Å². The van der Waals surface area contributed by atoms with Crippen molar-refractivity contribution in [2.45, 2.75) is 19.3 Å². The van der Waals surface area contributed by atoms with Gasteiger partial charge in [0.05, 0.1) is 7.11 Å². The number of nitrogens with zero attached hydrogens (tertiary/aromatic N) is 2. The summed E-state index contributed by atoms with van der Waals surface area (Å²) in [6, 6.07) is 9.12. The van der Waals surface area contributed by atoms with Gasteiger partial charge >= 0.3 is 0 Å². The van der Waals surface area contributed by atoms with Crippen molar-refractivity contribution in [3.63, 3.8) is 0 Å².